The van der Waals surface area contributed by atoms with Gasteiger partial charge in [-0.2, -0.15) is 0 Å². The highest BCUT2D eigenvalue weighted by atomic mass is 19.1. The molecule has 0 unspecified atom stereocenters. The van der Waals surface area contributed by atoms with Gasteiger partial charge in [-0.15, -0.1) is 0 Å². The fourth-order valence-corrected chi connectivity index (χ4v) is 1.10. The Labute approximate surface area is 67.1 Å². The zero-order chi connectivity index (χ0) is 8.43. The Balaban J connectivity index is 3.13. The van der Waals surface area contributed by atoms with Crippen LogP contribution in [-0.2, 0) is 0 Å². The lowest BCUT2D eigenvalue weighted by atomic mass is 9.98. The molecule has 0 aliphatic carbocycles. The first-order valence-corrected chi connectivity index (χ1v) is 3.72. The van der Waals surface area contributed by atoms with Crippen LogP contribution in [0.25, 0.3) is 0 Å². The Morgan fingerprint density at radius 3 is 2.45 bits per heavy atom. The van der Waals surface area contributed by atoms with Crippen LogP contribution in [0, 0.1) is 12.7 Å². The molecule has 59 valence electrons. The van der Waals surface area contributed by atoms with Crippen LogP contribution >= 0.6 is 0 Å². The molecule has 1 heteroatoms. The minimum Gasteiger partial charge on any atom is -0.207 e. The molecule has 1 aromatic rings. The lowest BCUT2D eigenvalue weighted by Gasteiger charge is -2.08. The highest BCUT2D eigenvalue weighted by Crippen LogP contribution is 2.19. The molecule has 1 aromatic carbocycles. The molecule has 0 atom stereocenters. The molecule has 1 rings (SSSR count). The van der Waals surface area contributed by atoms with E-state index in [1.165, 1.54) is 6.07 Å². The molecule has 0 N–H and O–H groups in total. The van der Waals surface area contributed by atoms with E-state index in [2.05, 4.69) is 6.92 Å². The van der Waals surface area contributed by atoms with Crippen LogP contribution in [0.3, 0.4) is 0 Å². The van der Waals surface area contributed by atoms with E-state index in [0.29, 0.717) is 5.92 Å². The van der Waals surface area contributed by atoms with E-state index in [0.717, 1.165) is 11.1 Å². The van der Waals surface area contributed by atoms with Gasteiger partial charge in [0.05, 0.1) is 0 Å². The first-order valence-electron chi connectivity index (χ1n) is 3.72. The van der Waals surface area contributed by atoms with E-state index < -0.39 is 0 Å². The van der Waals surface area contributed by atoms with Gasteiger partial charge in [0.15, 0.2) is 0 Å². The molecule has 1 radical (unpaired) electrons. The second-order valence-electron chi connectivity index (χ2n) is 3.00. The van der Waals surface area contributed by atoms with Gasteiger partial charge in [-0.3, -0.25) is 0 Å². The van der Waals surface area contributed by atoms with Gasteiger partial charge >= 0.3 is 0 Å². The fraction of sp³-hybridized carbons (Fsp3) is 0.300. The van der Waals surface area contributed by atoms with Crippen molar-refractivity contribution in [3.05, 3.63) is 42.1 Å². The molecule has 0 spiro atoms. The first-order chi connectivity index (χ1) is 5.11. The average Bonchev–Trinajstić information content (AvgIpc) is 1.94. The number of hydrogen-bond acceptors (Lipinski definition) is 0. The number of benzene rings is 1. The maximum absolute atomic E-state index is 12.7. The molecule has 0 aliphatic heterocycles. The van der Waals surface area contributed by atoms with Gasteiger partial charge in [-0.25, -0.2) is 4.39 Å². The number of rotatable bonds is 1. The Bertz CT molecular complexity index is 251. The lowest BCUT2D eigenvalue weighted by molar-refractivity contribution is 0.623. The molecule has 11 heavy (non-hydrogen) atoms. The minimum absolute atomic E-state index is 0.180. The van der Waals surface area contributed by atoms with Crippen LogP contribution in [0.5, 0.6) is 0 Å². The lowest BCUT2D eigenvalue weighted by Crippen LogP contribution is -1.92. The molecular weight excluding hydrogens is 139 g/mol. The fourth-order valence-electron chi connectivity index (χ4n) is 1.10. The third kappa shape index (κ3) is 1.79. The summed E-state index contributed by atoms with van der Waals surface area (Å²) < 4.78 is 12.7. The van der Waals surface area contributed by atoms with Crippen molar-refractivity contribution in [2.24, 2.45) is 0 Å². The Hall–Kier alpha value is -0.850. The van der Waals surface area contributed by atoms with Crippen molar-refractivity contribution in [1.82, 2.24) is 0 Å². The number of hydrogen-bond donors (Lipinski definition) is 0. The third-order valence-corrected chi connectivity index (χ3v) is 1.73. The van der Waals surface area contributed by atoms with Gasteiger partial charge in [0.25, 0.3) is 0 Å². The summed E-state index contributed by atoms with van der Waals surface area (Å²) in [5.74, 6) is 0.166. The summed E-state index contributed by atoms with van der Waals surface area (Å²) in [4.78, 5) is 0. The Kier molecular flexibility index (Phi) is 2.28. The molecule has 0 heterocycles. The van der Waals surface area contributed by atoms with Gasteiger partial charge in [0.1, 0.15) is 5.82 Å². The molecule has 0 bridgehead atoms. The van der Waals surface area contributed by atoms with Gasteiger partial charge in [0.2, 0.25) is 0 Å². The number of halogens is 1. The predicted molar refractivity (Wildman–Crippen MR) is 44.9 cm³/mol. The van der Waals surface area contributed by atoms with Crippen molar-refractivity contribution < 1.29 is 4.39 Å². The topological polar surface area (TPSA) is 0 Å². The highest BCUT2D eigenvalue weighted by molar-refractivity contribution is 5.32. The van der Waals surface area contributed by atoms with Crippen molar-refractivity contribution in [3.63, 3.8) is 0 Å². The minimum atomic E-state index is -0.180. The third-order valence-electron chi connectivity index (χ3n) is 1.73. The van der Waals surface area contributed by atoms with Crippen molar-refractivity contribution >= 4 is 0 Å². The Morgan fingerprint density at radius 1 is 1.36 bits per heavy atom. The Morgan fingerprint density at radius 2 is 2.00 bits per heavy atom. The first kappa shape index (κ1) is 8.25. The summed E-state index contributed by atoms with van der Waals surface area (Å²) in [7, 11) is 0. The zero-order valence-corrected chi connectivity index (χ0v) is 6.89. The second kappa shape index (κ2) is 3.04. The molecule has 0 aliphatic rings. The summed E-state index contributed by atoms with van der Waals surface area (Å²) in [5.41, 5.74) is 1.91. The van der Waals surface area contributed by atoms with Crippen LogP contribution in [0.1, 0.15) is 30.9 Å². The van der Waals surface area contributed by atoms with Gasteiger partial charge < -0.3 is 0 Å². The second-order valence-corrected chi connectivity index (χ2v) is 3.00. The largest absolute Gasteiger partial charge is 0.207 e. The van der Waals surface area contributed by atoms with Crippen molar-refractivity contribution in [1.29, 1.82) is 0 Å². The normalized spacial score (nSPS) is 10.6. The maximum atomic E-state index is 12.7. The van der Waals surface area contributed by atoms with Crippen LogP contribution in [0.4, 0.5) is 4.39 Å². The van der Waals surface area contributed by atoms with Crippen molar-refractivity contribution in [2.45, 2.75) is 19.8 Å². The molecule has 0 saturated heterocycles. The van der Waals surface area contributed by atoms with E-state index in [-0.39, 0.29) is 5.82 Å². The monoisotopic (exact) mass is 151 g/mol. The summed E-state index contributed by atoms with van der Waals surface area (Å²) in [6.45, 7) is 7.88. The summed E-state index contributed by atoms with van der Waals surface area (Å²) in [6, 6.07) is 4.70. The van der Waals surface area contributed by atoms with Crippen LogP contribution in [-0.4, -0.2) is 0 Å². The average molecular weight is 151 g/mol. The van der Waals surface area contributed by atoms with Crippen molar-refractivity contribution in [2.75, 3.05) is 0 Å². The van der Waals surface area contributed by atoms with Crippen LogP contribution in [0.15, 0.2) is 18.2 Å². The highest BCUT2D eigenvalue weighted by Gasteiger charge is 2.03. The van der Waals surface area contributed by atoms with E-state index in [1.807, 2.05) is 13.8 Å². The van der Waals surface area contributed by atoms with E-state index >= 15 is 0 Å². The molecule has 0 saturated carbocycles. The van der Waals surface area contributed by atoms with Gasteiger partial charge in [0, 0.05) is 0 Å². The van der Waals surface area contributed by atoms with E-state index in [9.17, 15) is 4.39 Å². The van der Waals surface area contributed by atoms with Crippen LogP contribution in [0.2, 0.25) is 0 Å². The predicted octanol–water partition coefficient (Wildman–Crippen LogP) is 3.13. The molecule has 0 fully saturated rings. The summed E-state index contributed by atoms with van der Waals surface area (Å²) >= 11 is 0. The van der Waals surface area contributed by atoms with Gasteiger partial charge in [-0.05, 0) is 36.1 Å². The van der Waals surface area contributed by atoms with E-state index in [1.54, 1.807) is 12.1 Å². The molecule has 0 nitrogen and oxygen atoms in total. The summed E-state index contributed by atoms with van der Waals surface area (Å²) in [6.07, 6.45) is 0. The quantitative estimate of drug-likeness (QED) is 0.578. The molecule has 0 amide bonds. The van der Waals surface area contributed by atoms with E-state index in [4.69, 9.17) is 0 Å². The standard InChI is InChI=1S/C10H12F/c1-7(2)10-6-9(11)5-4-8(10)3/h4-7H,3H2,1-2H3. The van der Waals surface area contributed by atoms with Crippen LogP contribution < -0.4 is 0 Å². The van der Waals surface area contributed by atoms with Gasteiger partial charge in [-0.1, -0.05) is 19.9 Å². The smallest absolute Gasteiger partial charge is 0.123 e. The van der Waals surface area contributed by atoms with Crippen molar-refractivity contribution in [3.8, 4) is 0 Å². The maximum Gasteiger partial charge on any atom is 0.123 e. The SMILES string of the molecule is [CH2]c1ccc(F)cc1C(C)C. The molecular formula is C10H12F. The zero-order valence-electron chi connectivity index (χ0n) is 6.89. The molecule has 0 aromatic heterocycles. The summed E-state index contributed by atoms with van der Waals surface area (Å²) in [5, 5.41) is 0.